The normalized spacial score (nSPS) is 19.3. The van der Waals surface area contributed by atoms with Crippen molar-refractivity contribution in [1.29, 1.82) is 0 Å². The van der Waals surface area contributed by atoms with E-state index in [1.54, 1.807) is 6.92 Å². The highest BCUT2D eigenvalue weighted by atomic mass is 16.7. The largest absolute Gasteiger partial charge is 0.454 e. The van der Waals surface area contributed by atoms with Crippen molar-refractivity contribution in [3.05, 3.63) is 23.8 Å². The Balaban J connectivity index is 1.81. The van der Waals surface area contributed by atoms with Crippen LogP contribution >= 0.6 is 0 Å². The highest BCUT2D eigenvalue weighted by Gasteiger charge is 2.24. The molecule has 1 fully saturated rings. The van der Waals surface area contributed by atoms with Gasteiger partial charge in [-0.15, -0.1) is 0 Å². The average Bonchev–Trinajstić information content (AvgIpc) is 2.96. The lowest BCUT2D eigenvalue weighted by Gasteiger charge is -2.35. The SMILES string of the molecule is CC(=O)NCC(c1ccc2c(c1)OCO2)N1CCCCC1. The molecule has 1 amide bonds. The minimum absolute atomic E-state index is 0.0118. The van der Waals surface area contributed by atoms with Crippen LogP contribution in [0.3, 0.4) is 0 Å². The maximum atomic E-state index is 11.3. The lowest BCUT2D eigenvalue weighted by molar-refractivity contribution is -0.119. The highest BCUT2D eigenvalue weighted by molar-refractivity contribution is 5.72. The van der Waals surface area contributed by atoms with Crippen LogP contribution in [0, 0.1) is 0 Å². The van der Waals surface area contributed by atoms with Gasteiger partial charge in [0, 0.05) is 13.5 Å². The van der Waals surface area contributed by atoms with Gasteiger partial charge in [-0.1, -0.05) is 12.5 Å². The van der Waals surface area contributed by atoms with Crippen molar-refractivity contribution in [1.82, 2.24) is 10.2 Å². The monoisotopic (exact) mass is 290 g/mol. The third-order valence-electron chi connectivity index (χ3n) is 4.16. The molecule has 2 aliphatic heterocycles. The molecule has 21 heavy (non-hydrogen) atoms. The van der Waals surface area contributed by atoms with E-state index in [2.05, 4.69) is 16.3 Å². The number of piperidine rings is 1. The molecular weight excluding hydrogens is 268 g/mol. The van der Waals surface area contributed by atoms with Crippen molar-refractivity contribution in [3.63, 3.8) is 0 Å². The standard InChI is InChI=1S/C16H22N2O3/c1-12(19)17-10-14(18-7-3-2-4-8-18)13-5-6-15-16(9-13)21-11-20-15/h5-6,9,14H,2-4,7-8,10-11H2,1H3,(H,17,19). The second-order valence-electron chi connectivity index (χ2n) is 5.66. The van der Waals surface area contributed by atoms with Gasteiger partial charge in [0.15, 0.2) is 11.5 Å². The second-order valence-corrected chi connectivity index (χ2v) is 5.66. The van der Waals surface area contributed by atoms with Gasteiger partial charge in [-0.05, 0) is 43.6 Å². The van der Waals surface area contributed by atoms with Crippen molar-refractivity contribution >= 4 is 5.91 Å². The fraction of sp³-hybridized carbons (Fsp3) is 0.562. The number of ether oxygens (including phenoxy) is 2. The van der Waals surface area contributed by atoms with Crippen LogP contribution in [-0.2, 0) is 4.79 Å². The average molecular weight is 290 g/mol. The molecule has 0 bridgehead atoms. The van der Waals surface area contributed by atoms with Crippen molar-refractivity contribution in [3.8, 4) is 11.5 Å². The van der Waals surface area contributed by atoms with Crippen LogP contribution in [0.2, 0.25) is 0 Å². The molecule has 114 valence electrons. The third-order valence-corrected chi connectivity index (χ3v) is 4.16. The predicted molar refractivity (Wildman–Crippen MR) is 79.4 cm³/mol. The molecule has 0 radical (unpaired) electrons. The Morgan fingerprint density at radius 3 is 2.76 bits per heavy atom. The van der Waals surface area contributed by atoms with E-state index in [0.717, 1.165) is 24.6 Å². The number of hydrogen-bond acceptors (Lipinski definition) is 4. The molecule has 1 N–H and O–H groups in total. The van der Waals surface area contributed by atoms with E-state index in [0.29, 0.717) is 13.3 Å². The summed E-state index contributed by atoms with van der Waals surface area (Å²) in [6.45, 7) is 4.65. The molecule has 0 aliphatic carbocycles. The molecule has 1 unspecified atom stereocenters. The number of likely N-dealkylation sites (tertiary alicyclic amines) is 1. The summed E-state index contributed by atoms with van der Waals surface area (Å²) >= 11 is 0. The van der Waals surface area contributed by atoms with E-state index in [1.165, 1.54) is 24.8 Å². The van der Waals surface area contributed by atoms with Crippen molar-refractivity contribution in [2.75, 3.05) is 26.4 Å². The summed E-state index contributed by atoms with van der Waals surface area (Å²) < 4.78 is 10.8. The molecule has 0 saturated carbocycles. The van der Waals surface area contributed by atoms with E-state index in [9.17, 15) is 4.79 Å². The second kappa shape index (κ2) is 6.35. The Morgan fingerprint density at radius 2 is 2.00 bits per heavy atom. The zero-order valence-corrected chi connectivity index (χ0v) is 12.4. The minimum Gasteiger partial charge on any atom is -0.454 e. The molecule has 2 aliphatic rings. The fourth-order valence-electron chi connectivity index (χ4n) is 3.05. The van der Waals surface area contributed by atoms with Crippen LogP contribution in [0.25, 0.3) is 0 Å². The van der Waals surface area contributed by atoms with E-state index in [4.69, 9.17) is 9.47 Å². The zero-order valence-electron chi connectivity index (χ0n) is 12.4. The van der Waals surface area contributed by atoms with Crippen molar-refractivity contribution < 1.29 is 14.3 Å². The topological polar surface area (TPSA) is 50.8 Å². The summed E-state index contributed by atoms with van der Waals surface area (Å²) in [5.74, 6) is 1.62. The molecule has 1 aromatic carbocycles. The van der Waals surface area contributed by atoms with Gasteiger partial charge in [0.1, 0.15) is 0 Å². The number of rotatable bonds is 4. The van der Waals surface area contributed by atoms with Crippen LogP contribution in [0.4, 0.5) is 0 Å². The third kappa shape index (κ3) is 3.29. The number of fused-ring (bicyclic) bond motifs is 1. The predicted octanol–water partition coefficient (Wildman–Crippen LogP) is 2.08. The molecule has 0 aromatic heterocycles. The molecule has 0 spiro atoms. The van der Waals surface area contributed by atoms with Gasteiger partial charge in [-0.3, -0.25) is 9.69 Å². The molecule has 1 atom stereocenters. The highest BCUT2D eigenvalue weighted by Crippen LogP contribution is 2.35. The van der Waals surface area contributed by atoms with Crippen LogP contribution < -0.4 is 14.8 Å². The summed E-state index contributed by atoms with van der Waals surface area (Å²) in [6, 6.07) is 6.28. The number of nitrogens with one attached hydrogen (secondary N) is 1. The van der Waals surface area contributed by atoms with E-state index >= 15 is 0 Å². The van der Waals surface area contributed by atoms with Gasteiger partial charge in [-0.2, -0.15) is 0 Å². The van der Waals surface area contributed by atoms with E-state index < -0.39 is 0 Å². The molecular formula is C16H22N2O3. The van der Waals surface area contributed by atoms with Gasteiger partial charge in [0.05, 0.1) is 6.04 Å². The van der Waals surface area contributed by atoms with Crippen LogP contribution in [0.15, 0.2) is 18.2 Å². The molecule has 1 aromatic rings. The first kappa shape index (κ1) is 14.2. The number of benzene rings is 1. The van der Waals surface area contributed by atoms with Crippen molar-refractivity contribution in [2.45, 2.75) is 32.2 Å². The molecule has 5 heteroatoms. The molecule has 1 saturated heterocycles. The minimum atomic E-state index is 0.0118. The summed E-state index contributed by atoms with van der Waals surface area (Å²) in [5, 5.41) is 2.96. The molecule has 2 heterocycles. The van der Waals surface area contributed by atoms with Gasteiger partial charge in [0.2, 0.25) is 12.7 Å². The zero-order chi connectivity index (χ0) is 14.7. The van der Waals surface area contributed by atoms with Gasteiger partial charge in [-0.25, -0.2) is 0 Å². The first-order valence-electron chi connectivity index (χ1n) is 7.62. The van der Waals surface area contributed by atoms with Gasteiger partial charge >= 0.3 is 0 Å². The number of nitrogens with zero attached hydrogens (tertiary/aromatic N) is 1. The smallest absolute Gasteiger partial charge is 0.231 e. The Kier molecular flexibility index (Phi) is 4.29. The Morgan fingerprint density at radius 1 is 1.24 bits per heavy atom. The number of hydrogen-bond donors (Lipinski definition) is 1. The van der Waals surface area contributed by atoms with E-state index in [1.807, 2.05) is 12.1 Å². The Hall–Kier alpha value is -1.75. The number of carbonyl (C=O) groups excluding carboxylic acids is 1. The first-order chi connectivity index (χ1) is 10.2. The van der Waals surface area contributed by atoms with Crippen LogP contribution in [0.5, 0.6) is 11.5 Å². The summed E-state index contributed by atoms with van der Waals surface area (Å²) in [7, 11) is 0. The van der Waals surface area contributed by atoms with E-state index in [-0.39, 0.29) is 11.9 Å². The van der Waals surface area contributed by atoms with Crippen molar-refractivity contribution in [2.24, 2.45) is 0 Å². The van der Waals surface area contributed by atoms with Crippen LogP contribution in [-0.4, -0.2) is 37.2 Å². The summed E-state index contributed by atoms with van der Waals surface area (Å²) in [5.41, 5.74) is 1.18. The lowest BCUT2D eigenvalue weighted by atomic mass is 10.0. The fourth-order valence-corrected chi connectivity index (χ4v) is 3.05. The molecule has 5 nitrogen and oxygen atoms in total. The summed E-state index contributed by atoms with van der Waals surface area (Å²) in [4.78, 5) is 13.7. The Labute approximate surface area is 125 Å². The maximum absolute atomic E-state index is 11.3. The number of carbonyl (C=O) groups is 1. The summed E-state index contributed by atoms with van der Waals surface area (Å²) in [6.07, 6.45) is 3.74. The van der Waals surface area contributed by atoms with Gasteiger partial charge in [0.25, 0.3) is 0 Å². The maximum Gasteiger partial charge on any atom is 0.231 e. The first-order valence-corrected chi connectivity index (χ1v) is 7.62. The Bertz CT molecular complexity index is 512. The molecule has 3 rings (SSSR count). The lowest BCUT2D eigenvalue weighted by Crippen LogP contribution is -2.40. The number of amides is 1. The van der Waals surface area contributed by atoms with Crippen LogP contribution in [0.1, 0.15) is 37.8 Å². The van der Waals surface area contributed by atoms with Gasteiger partial charge < -0.3 is 14.8 Å². The quantitative estimate of drug-likeness (QED) is 0.922.